The van der Waals surface area contributed by atoms with Gasteiger partial charge >= 0.3 is 0 Å². The van der Waals surface area contributed by atoms with Crippen LogP contribution >= 0.6 is 0 Å². The number of ether oxygens (including phenoxy) is 2. The number of piperidine rings is 3. The van der Waals surface area contributed by atoms with Gasteiger partial charge in [-0.2, -0.15) is 0 Å². The summed E-state index contributed by atoms with van der Waals surface area (Å²) in [7, 11) is 1.68. The summed E-state index contributed by atoms with van der Waals surface area (Å²) < 4.78 is 11.3. The maximum Gasteiger partial charge on any atom is 0.223 e. The van der Waals surface area contributed by atoms with Crippen LogP contribution in [0.4, 0.5) is 0 Å². The fraction of sp³-hybridized carbons (Fsp3) is 0.720. The summed E-state index contributed by atoms with van der Waals surface area (Å²) in [6.07, 6.45) is 6.68. The second-order valence-corrected chi connectivity index (χ2v) is 9.84. The first-order chi connectivity index (χ1) is 14.5. The lowest BCUT2D eigenvalue weighted by Crippen LogP contribution is -2.65. The van der Waals surface area contributed by atoms with Crippen LogP contribution in [-0.4, -0.2) is 61.1 Å². The third-order valence-electron chi connectivity index (χ3n) is 7.33. The van der Waals surface area contributed by atoms with Crippen LogP contribution in [0.3, 0.4) is 0 Å². The maximum atomic E-state index is 12.9. The minimum Gasteiger partial charge on any atom is -0.497 e. The first kappa shape index (κ1) is 21.5. The molecular formula is C25H38N2O3. The third kappa shape index (κ3) is 4.77. The average molecular weight is 415 g/mol. The van der Waals surface area contributed by atoms with E-state index in [1.54, 1.807) is 7.11 Å². The van der Waals surface area contributed by atoms with Gasteiger partial charge in [0.25, 0.3) is 0 Å². The van der Waals surface area contributed by atoms with E-state index in [9.17, 15) is 4.79 Å². The van der Waals surface area contributed by atoms with Gasteiger partial charge in [0, 0.05) is 44.2 Å². The van der Waals surface area contributed by atoms with Crippen molar-refractivity contribution in [1.29, 1.82) is 0 Å². The predicted molar refractivity (Wildman–Crippen MR) is 119 cm³/mol. The molecule has 0 radical (unpaired) electrons. The molecule has 1 aromatic rings. The van der Waals surface area contributed by atoms with Crippen LogP contribution in [-0.2, 0) is 4.79 Å². The van der Waals surface area contributed by atoms with Gasteiger partial charge < -0.3 is 14.4 Å². The molecule has 0 aromatic heterocycles. The van der Waals surface area contributed by atoms with Gasteiger partial charge in [-0.15, -0.1) is 0 Å². The minimum atomic E-state index is 0.421. The molecule has 3 heterocycles. The van der Waals surface area contributed by atoms with Crippen LogP contribution in [0.2, 0.25) is 0 Å². The Bertz CT molecular complexity index is 722. The highest BCUT2D eigenvalue weighted by molar-refractivity contribution is 5.78. The number of methoxy groups -OCH3 is 1. The molecule has 3 aliphatic heterocycles. The van der Waals surface area contributed by atoms with Gasteiger partial charge in [-0.25, -0.2) is 0 Å². The number of benzene rings is 1. The first-order valence-electron chi connectivity index (χ1n) is 11.9. The molecule has 0 N–H and O–H groups in total. The van der Waals surface area contributed by atoms with Crippen molar-refractivity contribution in [3.63, 3.8) is 0 Å². The van der Waals surface area contributed by atoms with E-state index in [0.717, 1.165) is 50.4 Å². The van der Waals surface area contributed by atoms with E-state index in [1.807, 2.05) is 24.3 Å². The molecule has 0 spiro atoms. The van der Waals surface area contributed by atoms with Crippen molar-refractivity contribution in [3.05, 3.63) is 24.3 Å². The number of carbonyl (C=O) groups is 1. The largest absolute Gasteiger partial charge is 0.497 e. The predicted octanol–water partition coefficient (Wildman–Crippen LogP) is 4.21. The van der Waals surface area contributed by atoms with Crippen molar-refractivity contribution in [2.45, 2.75) is 64.5 Å². The quantitative estimate of drug-likeness (QED) is 0.639. The Morgan fingerprint density at radius 3 is 2.77 bits per heavy atom. The van der Waals surface area contributed by atoms with Gasteiger partial charge in [0.2, 0.25) is 5.91 Å². The van der Waals surface area contributed by atoms with Crippen LogP contribution in [0.15, 0.2) is 24.3 Å². The molecule has 4 atom stereocenters. The van der Waals surface area contributed by atoms with E-state index < -0.39 is 0 Å². The number of amides is 1. The smallest absolute Gasteiger partial charge is 0.223 e. The molecule has 4 rings (SSSR count). The lowest BCUT2D eigenvalue weighted by molar-refractivity contribution is -0.153. The number of likely N-dealkylation sites (tertiary alicyclic amines) is 1. The summed E-state index contributed by atoms with van der Waals surface area (Å²) in [6, 6.07) is 8.73. The fourth-order valence-electron chi connectivity index (χ4n) is 5.91. The molecule has 30 heavy (non-hydrogen) atoms. The molecule has 3 saturated heterocycles. The average Bonchev–Trinajstić information content (AvgIpc) is 2.74. The zero-order valence-corrected chi connectivity index (χ0v) is 18.9. The van der Waals surface area contributed by atoms with Crippen molar-refractivity contribution in [1.82, 2.24) is 9.80 Å². The van der Waals surface area contributed by atoms with Crippen molar-refractivity contribution in [3.8, 4) is 11.5 Å². The Labute approximate surface area is 181 Å². The van der Waals surface area contributed by atoms with E-state index in [-0.39, 0.29) is 0 Å². The van der Waals surface area contributed by atoms with Crippen LogP contribution in [0.5, 0.6) is 11.5 Å². The summed E-state index contributed by atoms with van der Waals surface area (Å²) in [5, 5.41) is 0. The van der Waals surface area contributed by atoms with E-state index in [0.29, 0.717) is 42.4 Å². The van der Waals surface area contributed by atoms with Gasteiger partial charge in [-0.05, 0) is 62.0 Å². The Morgan fingerprint density at radius 2 is 1.97 bits per heavy atom. The Balaban J connectivity index is 1.39. The molecule has 5 heteroatoms. The molecule has 1 amide bonds. The Morgan fingerprint density at radius 1 is 1.17 bits per heavy atom. The minimum absolute atomic E-state index is 0.421. The maximum absolute atomic E-state index is 12.9. The topological polar surface area (TPSA) is 42.0 Å². The van der Waals surface area contributed by atoms with E-state index in [2.05, 4.69) is 23.6 Å². The third-order valence-corrected chi connectivity index (χ3v) is 7.33. The normalized spacial score (nSPS) is 29.1. The molecule has 2 bridgehead atoms. The molecule has 0 saturated carbocycles. The summed E-state index contributed by atoms with van der Waals surface area (Å²) in [4.78, 5) is 17.8. The van der Waals surface area contributed by atoms with Gasteiger partial charge in [0.05, 0.1) is 7.11 Å². The molecule has 3 fully saturated rings. The summed E-state index contributed by atoms with van der Waals surface area (Å²) in [5.41, 5.74) is 0. The second-order valence-electron chi connectivity index (χ2n) is 9.84. The summed E-state index contributed by atoms with van der Waals surface area (Å²) in [5.74, 6) is 4.04. The van der Waals surface area contributed by atoms with Gasteiger partial charge in [-0.1, -0.05) is 19.9 Å². The Hall–Kier alpha value is -1.75. The zero-order chi connectivity index (χ0) is 21.1. The Kier molecular flexibility index (Phi) is 6.87. The highest BCUT2D eigenvalue weighted by atomic mass is 16.5. The number of carbonyl (C=O) groups excluding carboxylic acids is 1. The fourth-order valence-corrected chi connectivity index (χ4v) is 5.91. The van der Waals surface area contributed by atoms with Crippen LogP contribution in [0.25, 0.3) is 0 Å². The summed E-state index contributed by atoms with van der Waals surface area (Å²) >= 11 is 0. The second kappa shape index (κ2) is 9.59. The highest BCUT2D eigenvalue weighted by Gasteiger charge is 2.48. The standard InChI is InChI=1S/C25H38N2O3/c1-18(2)10-11-24-20-14-19(23-8-5-9-25(28)27(23)24)16-26(17-20)12-13-30-22-7-4-6-21(15-22)29-3/h4,6-7,15,18-20,23-24H,5,8-14,16-17H2,1-3H3/t19-,20+,23+,24+/m1/s1. The molecule has 5 nitrogen and oxygen atoms in total. The van der Waals surface area contributed by atoms with Gasteiger partial charge in [0.1, 0.15) is 18.1 Å². The molecular weight excluding hydrogens is 376 g/mol. The van der Waals surface area contributed by atoms with Crippen molar-refractivity contribution in [2.75, 3.05) is 33.4 Å². The highest BCUT2D eigenvalue weighted by Crippen LogP contribution is 2.43. The van der Waals surface area contributed by atoms with Crippen molar-refractivity contribution < 1.29 is 14.3 Å². The van der Waals surface area contributed by atoms with E-state index >= 15 is 0 Å². The van der Waals surface area contributed by atoms with Gasteiger partial charge in [-0.3, -0.25) is 9.69 Å². The van der Waals surface area contributed by atoms with Crippen molar-refractivity contribution >= 4 is 5.91 Å². The number of rotatable bonds is 8. The zero-order valence-electron chi connectivity index (χ0n) is 18.9. The lowest BCUT2D eigenvalue weighted by atomic mass is 9.71. The number of nitrogens with zero attached hydrogens (tertiary/aromatic N) is 2. The molecule has 0 aliphatic carbocycles. The number of hydrogen-bond donors (Lipinski definition) is 0. The monoisotopic (exact) mass is 414 g/mol. The van der Waals surface area contributed by atoms with E-state index in [1.165, 1.54) is 19.3 Å². The lowest BCUT2D eigenvalue weighted by Gasteiger charge is -2.57. The molecule has 166 valence electrons. The molecule has 1 aromatic carbocycles. The first-order valence-corrected chi connectivity index (χ1v) is 11.9. The SMILES string of the molecule is COc1cccc(OCCN2C[C@H]3C[C@@H](C2)[C@H](CCC(C)C)N2C(=O)CCC[C@@H]32)c1. The molecule has 3 aliphatic rings. The number of fused-ring (bicyclic) bond motifs is 4. The van der Waals surface area contributed by atoms with E-state index in [4.69, 9.17) is 9.47 Å². The van der Waals surface area contributed by atoms with Crippen molar-refractivity contribution in [2.24, 2.45) is 17.8 Å². The summed E-state index contributed by atoms with van der Waals surface area (Å²) in [6.45, 7) is 8.42. The van der Waals surface area contributed by atoms with Crippen LogP contribution in [0.1, 0.15) is 52.4 Å². The van der Waals surface area contributed by atoms with Gasteiger partial charge in [0.15, 0.2) is 0 Å². The number of hydrogen-bond acceptors (Lipinski definition) is 4. The van der Waals surface area contributed by atoms with Crippen LogP contribution < -0.4 is 9.47 Å². The molecule has 0 unspecified atom stereocenters. The van der Waals surface area contributed by atoms with Crippen LogP contribution in [0, 0.1) is 17.8 Å².